The van der Waals surface area contributed by atoms with Gasteiger partial charge in [0.1, 0.15) is 6.04 Å². The Bertz CT molecular complexity index is 699. The zero-order valence-corrected chi connectivity index (χ0v) is 15.7. The molecule has 6 heteroatoms. The van der Waals surface area contributed by atoms with E-state index in [2.05, 4.69) is 44.9 Å². The molecule has 2 atom stereocenters. The molecule has 26 heavy (non-hydrogen) atoms. The van der Waals surface area contributed by atoms with Crippen molar-refractivity contribution in [2.75, 3.05) is 20.1 Å². The van der Waals surface area contributed by atoms with Gasteiger partial charge >= 0.3 is 0 Å². The SMILES string of the molecule is CNC(C(=O)NCC1CCCCN1Cc1ccccc1)c1cnn(C)c1. The molecular weight excluding hydrogens is 326 g/mol. The lowest BCUT2D eigenvalue weighted by Gasteiger charge is -2.36. The molecule has 0 spiro atoms. The maximum absolute atomic E-state index is 12.7. The maximum Gasteiger partial charge on any atom is 0.241 e. The summed E-state index contributed by atoms with van der Waals surface area (Å²) in [6, 6.07) is 10.6. The summed E-state index contributed by atoms with van der Waals surface area (Å²) >= 11 is 0. The van der Waals surface area contributed by atoms with Crippen molar-refractivity contribution < 1.29 is 4.79 Å². The molecule has 6 nitrogen and oxygen atoms in total. The molecule has 0 saturated carbocycles. The third-order valence-corrected chi connectivity index (χ3v) is 5.10. The van der Waals surface area contributed by atoms with Crippen LogP contribution in [0.25, 0.3) is 0 Å². The predicted molar refractivity (Wildman–Crippen MR) is 103 cm³/mol. The van der Waals surface area contributed by atoms with Gasteiger partial charge in [-0.3, -0.25) is 14.4 Å². The van der Waals surface area contributed by atoms with Crippen molar-refractivity contribution in [2.45, 2.75) is 37.9 Å². The number of piperidine rings is 1. The van der Waals surface area contributed by atoms with Crippen molar-refractivity contribution in [1.29, 1.82) is 0 Å². The molecule has 1 aliphatic rings. The monoisotopic (exact) mass is 355 g/mol. The van der Waals surface area contributed by atoms with Gasteiger partial charge in [0.2, 0.25) is 5.91 Å². The van der Waals surface area contributed by atoms with E-state index in [0.29, 0.717) is 12.6 Å². The van der Waals surface area contributed by atoms with Crippen LogP contribution in [0.15, 0.2) is 42.7 Å². The lowest BCUT2D eigenvalue weighted by molar-refractivity contribution is -0.123. The quantitative estimate of drug-likeness (QED) is 0.796. The molecule has 1 aromatic carbocycles. The fourth-order valence-electron chi connectivity index (χ4n) is 3.68. The highest BCUT2D eigenvalue weighted by atomic mass is 16.2. The number of rotatable bonds is 7. The summed E-state index contributed by atoms with van der Waals surface area (Å²) in [6.45, 7) is 2.72. The second-order valence-electron chi connectivity index (χ2n) is 7.02. The van der Waals surface area contributed by atoms with E-state index in [9.17, 15) is 4.79 Å². The summed E-state index contributed by atoms with van der Waals surface area (Å²) in [5, 5.41) is 10.4. The Balaban J connectivity index is 1.58. The van der Waals surface area contributed by atoms with Crippen LogP contribution in [0.2, 0.25) is 0 Å². The van der Waals surface area contributed by atoms with E-state index in [1.54, 1.807) is 17.9 Å². The molecule has 0 bridgehead atoms. The molecule has 0 aliphatic carbocycles. The van der Waals surface area contributed by atoms with Crippen LogP contribution in [0.5, 0.6) is 0 Å². The van der Waals surface area contributed by atoms with Gasteiger partial charge in [-0.2, -0.15) is 5.10 Å². The Hall–Kier alpha value is -2.18. The molecule has 1 saturated heterocycles. The molecule has 140 valence electrons. The number of likely N-dealkylation sites (N-methyl/N-ethyl adjacent to an activating group) is 1. The number of aromatic nitrogens is 2. The topological polar surface area (TPSA) is 62.2 Å². The van der Waals surface area contributed by atoms with Gasteiger partial charge in [-0.1, -0.05) is 36.8 Å². The van der Waals surface area contributed by atoms with E-state index >= 15 is 0 Å². The largest absolute Gasteiger partial charge is 0.353 e. The zero-order valence-electron chi connectivity index (χ0n) is 15.7. The molecule has 1 fully saturated rings. The third kappa shape index (κ3) is 4.71. The molecule has 1 amide bonds. The minimum absolute atomic E-state index is 0.00531. The smallest absolute Gasteiger partial charge is 0.241 e. The third-order valence-electron chi connectivity index (χ3n) is 5.10. The molecular formula is C20H29N5O. The predicted octanol–water partition coefficient (Wildman–Crippen LogP) is 1.85. The second kappa shape index (κ2) is 8.96. The van der Waals surface area contributed by atoms with Gasteiger partial charge < -0.3 is 10.6 Å². The first kappa shape index (κ1) is 18.6. The molecule has 2 N–H and O–H groups in total. The van der Waals surface area contributed by atoms with E-state index in [-0.39, 0.29) is 11.9 Å². The van der Waals surface area contributed by atoms with Gasteiger partial charge in [0.15, 0.2) is 0 Å². The van der Waals surface area contributed by atoms with Crippen LogP contribution < -0.4 is 10.6 Å². The number of hydrogen-bond acceptors (Lipinski definition) is 4. The number of benzene rings is 1. The number of nitrogens with one attached hydrogen (secondary N) is 2. The van der Waals surface area contributed by atoms with Crippen molar-refractivity contribution in [1.82, 2.24) is 25.3 Å². The number of amides is 1. The van der Waals surface area contributed by atoms with Gasteiger partial charge in [-0.25, -0.2) is 0 Å². The van der Waals surface area contributed by atoms with Gasteiger partial charge in [-0.15, -0.1) is 0 Å². The summed E-state index contributed by atoms with van der Waals surface area (Å²) in [7, 11) is 3.66. The van der Waals surface area contributed by atoms with Crippen molar-refractivity contribution in [3.8, 4) is 0 Å². The van der Waals surface area contributed by atoms with Gasteiger partial charge in [0.25, 0.3) is 0 Å². The van der Waals surface area contributed by atoms with E-state index < -0.39 is 0 Å². The summed E-state index contributed by atoms with van der Waals surface area (Å²) in [5.41, 5.74) is 2.21. The Morgan fingerprint density at radius 2 is 2.12 bits per heavy atom. The van der Waals surface area contributed by atoms with Gasteiger partial charge in [-0.05, 0) is 32.0 Å². The van der Waals surface area contributed by atoms with Crippen LogP contribution >= 0.6 is 0 Å². The summed E-state index contributed by atoms with van der Waals surface area (Å²) in [4.78, 5) is 15.2. The van der Waals surface area contributed by atoms with Crippen LogP contribution in [-0.4, -0.2) is 46.8 Å². The van der Waals surface area contributed by atoms with Crippen LogP contribution in [0.3, 0.4) is 0 Å². The molecule has 1 aliphatic heterocycles. The number of hydrogen-bond donors (Lipinski definition) is 2. The molecule has 2 heterocycles. The highest BCUT2D eigenvalue weighted by Gasteiger charge is 2.25. The Labute approximate surface area is 155 Å². The van der Waals surface area contributed by atoms with Gasteiger partial charge in [0, 0.05) is 37.9 Å². The van der Waals surface area contributed by atoms with Gasteiger partial charge in [0.05, 0.1) is 6.20 Å². The number of likely N-dealkylation sites (tertiary alicyclic amines) is 1. The lowest BCUT2D eigenvalue weighted by atomic mass is 10.0. The molecule has 2 unspecified atom stereocenters. The maximum atomic E-state index is 12.7. The van der Waals surface area contributed by atoms with Crippen LogP contribution in [0, 0.1) is 0 Å². The number of carbonyl (C=O) groups excluding carboxylic acids is 1. The normalized spacial score (nSPS) is 19.2. The summed E-state index contributed by atoms with van der Waals surface area (Å²) < 4.78 is 1.72. The number of carbonyl (C=O) groups is 1. The molecule has 1 aromatic heterocycles. The first-order valence-electron chi connectivity index (χ1n) is 9.39. The van der Waals surface area contributed by atoms with Crippen molar-refractivity contribution in [3.05, 3.63) is 53.9 Å². The highest BCUT2D eigenvalue weighted by molar-refractivity contribution is 5.83. The minimum Gasteiger partial charge on any atom is -0.353 e. The molecule has 2 aromatic rings. The molecule has 0 radical (unpaired) electrons. The standard InChI is InChI=1S/C20H29N5O/c1-21-19(17-12-23-24(2)15-17)20(26)22-13-18-10-6-7-11-25(18)14-16-8-4-3-5-9-16/h3-5,8-9,12,15,18-19,21H,6-7,10-11,13-14H2,1-2H3,(H,22,26). The van der Waals surface area contributed by atoms with Crippen LogP contribution in [-0.2, 0) is 18.4 Å². The number of nitrogens with zero attached hydrogens (tertiary/aromatic N) is 3. The average Bonchev–Trinajstić information content (AvgIpc) is 3.08. The Morgan fingerprint density at radius 1 is 1.31 bits per heavy atom. The van der Waals surface area contributed by atoms with E-state index in [1.807, 2.05) is 19.3 Å². The fraction of sp³-hybridized carbons (Fsp3) is 0.500. The Kier molecular flexibility index (Phi) is 6.41. The lowest BCUT2D eigenvalue weighted by Crippen LogP contribution is -2.48. The van der Waals surface area contributed by atoms with Crippen LogP contribution in [0.4, 0.5) is 0 Å². The minimum atomic E-state index is -0.366. The highest BCUT2D eigenvalue weighted by Crippen LogP contribution is 2.19. The van der Waals surface area contributed by atoms with Crippen molar-refractivity contribution >= 4 is 5.91 Å². The van der Waals surface area contributed by atoms with E-state index in [0.717, 1.165) is 25.1 Å². The second-order valence-corrected chi connectivity index (χ2v) is 7.02. The summed E-state index contributed by atoms with van der Waals surface area (Å²) in [5.74, 6) is 0.00531. The first-order chi connectivity index (χ1) is 12.7. The van der Waals surface area contributed by atoms with Crippen LogP contribution in [0.1, 0.15) is 36.4 Å². The summed E-state index contributed by atoms with van der Waals surface area (Å²) in [6.07, 6.45) is 7.20. The zero-order chi connectivity index (χ0) is 18.4. The number of aryl methyl sites for hydroxylation is 1. The Morgan fingerprint density at radius 3 is 2.81 bits per heavy atom. The van der Waals surface area contributed by atoms with E-state index in [4.69, 9.17) is 0 Å². The first-order valence-corrected chi connectivity index (χ1v) is 9.39. The van der Waals surface area contributed by atoms with Crippen molar-refractivity contribution in [2.24, 2.45) is 7.05 Å². The molecule has 3 rings (SSSR count). The average molecular weight is 355 g/mol. The van der Waals surface area contributed by atoms with Crippen molar-refractivity contribution in [3.63, 3.8) is 0 Å². The fourth-order valence-corrected chi connectivity index (χ4v) is 3.68. The van der Waals surface area contributed by atoms with E-state index in [1.165, 1.54) is 18.4 Å².